The fourth-order valence-corrected chi connectivity index (χ4v) is 3.89. The van der Waals surface area contributed by atoms with Crippen LogP contribution >= 0.6 is 0 Å². The van der Waals surface area contributed by atoms with E-state index in [1.807, 2.05) is 66.7 Å². The summed E-state index contributed by atoms with van der Waals surface area (Å²) in [5, 5.41) is 23.9. The maximum absolute atomic E-state index is 12.0. The van der Waals surface area contributed by atoms with E-state index in [1.165, 1.54) is 16.7 Å². The van der Waals surface area contributed by atoms with Gasteiger partial charge in [-0.25, -0.2) is 0 Å². The Balaban J connectivity index is 0.000000343. The van der Waals surface area contributed by atoms with Gasteiger partial charge in [0.15, 0.2) is 0 Å². The largest absolute Gasteiger partial charge is 2.00 e. The average molecular weight is 517 g/mol. The predicted molar refractivity (Wildman–Crippen MR) is 139 cm³/mol. The number of hydrogen-bond donors (Lipinski definition) is 0. The second kappa shape index (κ2) is 11.9. The molecule has 190 valence electrons. The monoisotopic (exact) mass is 516 g/mol. The summed E-state index contributed by atoms with van der Waals surface area (Å²) in [6, 6.07) is 13.8. The molecule has 0 unspecified atom stereocenters. The van der Waals surface area contributed by atoms with Crippen molar-refractivity contribution in [3.8, 4) is 11.5 Å². The van der Waals surface area contributed by atoms with Crippen LogP contribution in [-0.2, 0) is 27.3 Å². The van der Waals surface area contributed by atoms with Crippen LogP contribution in [0.25, 0.3) is 0 Å². The van der Waals surface area contributed by atoms with Gasteiger partial charge in [-0.1, -0.05) is 88.6 Å². The van der Waals surface area contributed by atoms with Crippen molar-refractivity contribution in [3.63, 3.8) is 0 Å². The number of rotatable bonds is 2. The van der Waals surface area contributed by atoms with E-state index in [2.05, 4.69) is 37.9 Å². The van der Waals surface area contributed by atoms with Crippen molar-refractivity contribution in [2.75, 3.05) is 0 Å². The van der Waals surface area contributed by atoms with Crippen LogP contribution in [0.4, 0.5) is 5.69 Å². The topological polar surface area (TPSA) is 71.4 Å². The van der Waals surface area contributed by atoms with Crippen LogP contribution in [0, 0.1) is 20.8 Å². The van der Waals surface area contributed by atoms with Crippen LogP contribution in [0.5, 0.6) is 11.5 Å². The average Bonchev–Trinajstić information content (AvgIpc) is 2.71. The van der Waals surface area contributed by atoms with E-state index in [1.54, 1.807) is 18.3 Å². The normalized spacial score (nSPS) is 11.9. The van der Waals surface area contributed by atoms with Crippen molar-refractivity contribution in [3.05, 3.63) is 82.2 Å². The van der Waals surface area contributed by atoms with E-state index < -0.39 is 0 Å². The van der Waals surface area contributed by atoms with Gasteiger partial charge in [-0.05, 0) is 61.8 Å². The van der Waals surface area contributed by atoms with Crippen molar-refractivity contribution in [1.82, 2.24) is 4.98 Å². The molecule has 1 aromatic heterocycles. The van der Waals surface area contributed by atoms with Gasteiger partial charge in [0.1, 0.15) is 0 Å². The molecule has 0 aliphatic heterocycles. The number of pyridine rings is 1. The smallest absolute Gasteiger partial charge is 0.873 e. The first kappa shape index (κ1) is 30.4. The number of aromatic nitrogens is 1. The van der Waals surface area contributed by atoms with Crippen molar-refractivity contribution < 1.29 is 26.7 Å². The standard InChI is InChI=1S/C16H18N2.C14H22O2.Ni/c1-11-9-12(2)16(13(3)10-11)18-14(4)15-7-5-6-8-17-15;1-13(2,3)9-7-8-10(14(4,5)6)12(16)11(9)15;/h5-10H,1-4H3;7-8,15-16H,1-6H3;/q;;+2/p-2. The molecule has 5 heteroatoms. The summed E-state index contributed by atoms with van der Waals surface area (Å²) in [5.41, 5.74) is 7.30. The second-order valence-electron chi connectivity index (χ2n) is 11.0. The van der Waals surface area contributed by atoms with Gasteiger partial charge in [0.25, 0.3) is 0 Å². The summed E-state index contributed by atoms with van der Waals surface area (Å²) in [5.74, 6) is -0.695. The fraction of sp³-hybridized carbons (Fsp3) is 0.400. The number of aryl methyl sites for hydroxylation is 3. The molecule has 0 N–H and O–H groups in total. The van der Waals surface area contributed by atoms with E-state index >= 15 is 0 Å². The molecular weight excluding hydrogens is 479 g/mol. The number of nitrogens with zero attached hydrogens (tertiary/aromatic N) is 2. The van der Waals surface area contributed by atoms with Crippen LogP contribution in [0.1, 0.15) is 82.0 Å². The zero-order valence-corrected chi connectivity index (χ0v) is 23.6. The summed E-state index contributed by atoms with van der Waals surface area (Å²) in [6.45, 7) is 20.0. The minimum atomic E-state index is -0.347. The first-order valence-electron chi connectivity index (χ1n) is 11.7. The molecule has 0 fully saturated rings. The quantitative estimate of drug-likeness (QED) is 0.285. The van der Waals surface area contributed by atoms with Crippen molar-refractivity contribution in [2.45, 2.75) is 80.1 Å². The molecular formula is C30H38N2NiO2. The number of hydrogen-bond acceptors (Lipinski definition) is 4. The zero-order valence-electron chi connectivity index (χ0n) is 22.6. The molecule has 0 aliphatic carbocycles. The molecule has 0 bridgehead atoms. The molecule has 1 heterocycles. The molecule has 4 nitrogen and oxygen atoms in total. The predicted octanol–water partition coefficient (Wildman–Crippen LogP) is 6.57. The van der Waals surface area contributed by atoms with Gasteiger partial charge in [-0.2, -0.15) is 0 Å². The van der Waals surface area contributed by atoms with Gasteiger partial charge in [-0.3, -0.25) is 9.98 Å². The summed E-state index contributed by atoms with van der Waals surface area (Å²) < 4.78 is 0. The molecule has 0 amide bonds. The van der Waals surface area contributed by atoms with Crippen molar-refractivity contribution >= 4 is 11.4 Å². The van der Waals surface area contributed by atoms with Gasteiger partial charge >= 0.3 is 16.5 Å². The van der Waals surface area contributed by atoms with E-state index in [0.717, 1.165) is 17.1 Å². The molecule has 35 heavy (non-hydrogen) atoms. The minimum Gasteiger partial charge on any atom is -0.873 e. The van der Waals surface area contributed by atoms with E-state index in [9.17, 15) is 10.2 Å². The molecule has 0 saturated heterocycles. The summed E-state index contributed by atoms with van der Waals surface area (Å²) >= 11 is 0. The fourth-order valence-electron chi connectivity index (χ4n) is 3.89. The SMILES string of the molecule is CC(=Nc1c(C)cc(C)cc1C)c1ccccn1.CC(C)(C)c1ccc(C(C)(C)C)c([O-])c1[O-].[Ni+2]. The van der Waals surface area contributed by atoms with Crippen molar-refractivity contribution in [2.24, 2.45) is 4.99 Å². The molecule has 2 aromatic carbocycles. The summed E-state index contributed by atoms with van der Waals surface area (Å²) in [7, 11) is 0. The molecule has 0 atom stereocenters. The van der Waals surface area contributed by atoms with E-state index in [4.69, 9.17) is 4.99 Å². The van der Waals surface area contributed by atoms with Crippen LogP contribution in [0.15, 0.2) is 53.7 Å². The van der Waals surface area contributed by atoms with Gasteiger partial charge < -0.3 is 10.2 Å². The maximum Gasteiger partial charge on any atom is 2.00 e. The molecule has 0 radical (unpaired) electrons. The molecule has 0 saturated carbocycles. The Morgan fingerprint density at radius 3 is 1.60 bits per heavy atom. The number of aliphatic imine (C=N–C) groups is 1. The van der Waals surface area contributed by atoms with Gasteiger partial charge in [0.2, 0.25) is 0 Å². The van der Waals surface area contributed by atoms with E-state index in [-0.39, 0.29) is 38.8 Å². The van der Waals surface area contributed by atoms with Crippen LogP contribution in [0.3, 0.4) is 0 Å². The molecule has 3 aromatic rings. The van der Waals surface area contributed by atoms with Gasteiger partial charge in [0, 0.05) is 6.20 Å². The molecule has 0 aliphatic rings. The Hall–Kier alpha value is -2.65. The Labute approximate surface area is 221 Å². The summed E-state index contributed by atoms with van der Waals surface area (Å²) in [4.78, 5) is 9.04. The minimum absolute atomic E-state index is 0. The third kappa shape index (κ3) is 7.93. The third-order valence-corrected chi connectivity index (χ3v) is 5.68. The zero-order chi connectivity index (χ0) is 25.8. The Morgan fingerprint density at radius 2 is 1.23 bits per heavy atom. The van der Waals surface area contributed by atoms with Gasteiger partial charge in [0.05, 0.1) is 17.1 Å². The van der Waals surface area contributed by atoms with E-state index in [0.29, 0.717) is 11.1 Å². The first-order valence-corrected chi connectivity index (χ1v) is 11.7. The number of benzene rings is 2. The summed E-state index contributed by atoms with van der Waals surface area (Å²) in [6.07, 6.45) is 1.79. The first-order chi connectivity index (χ1) is 15.6. The van der Waals surface area contributed by atoms with Gasteiger partial charge in [-0.15, -0.1) is 11.5 Å². The van der Waals surface area contributed by atoms with Crippen LogP contribution in [0.2, 0.25) is 0 Å². The molecule has 3 rings (SSSR count). The Morgan fingerprint density at radius 1 is 0.771 bits per heavy atom. The van der Waals surface area contributed by atoms with Crippen LogP contribution in [-0.4, -0.2) is 10.7 Å². The third-order valence-electron chi connectivity index (χ3n) is 5.68. The Bertz CT molecular complexity index is 1110. The maximum atomic E-state index is 12.0. The second-order valence-corrected chi connectivity index (χ2v) is 11.0. The Kier molecular flexibility index (Phi) is 10.3. The molecule has 0 spiro atoms. The van der Waals surface area contributed by atoms with Crippen molar-refractivity contribution in [1.29, 1.82) is 0 Å². The van der Waals surface area contributed by atoms with Crippen LogP contribution < -0.4 is 10.2 Å².